The summed E-state index contributed by atoms with van der Waals surface area (Å²) in [5.74, 6) is 2.12. The van der Waals surface area contributed by atoms with Crippen LogP contribution in [0, 0.1) is 22.5 Å². The van der Waals surface area contributed by atoms with Gasteiger partial charge in [-0.2, -0.15) is 0 Å². The van der Waals surface area contributed by atoms with E-state index >= 15 is 0 Å². The summed E-state index contributed by atoms with van der Waals surface area (Å²) < 4.78 is 6.57. The van der Waals surface area contributed by atoms with E-state index in [9.17, 15) is 14.9 Å². The minimum absolute atomic E-state index is 0.0628. The molecular weight excluding hydrogens is 462 g/mol. The number of nitro groups is 1. The molecule has 0 aliphatic carbocycles. The Kier molecular flexibility index (Phi) is 4.76. The molecule has 1 amide bonds. The second-order valence-corrected chi connectivity index (χ2v) is 9.02. The number of carbonyl (C=O) groups excluding carboxylic acids is 1. The van der Waals surface area contributed by atoms with E-state index in [1.165, 1.54) is 0 Å². The zero-order valence-corrected chi connectivity index (χ0v) is 18.2. The molecular formula is C23H20BrN3O4. The van der Waals surface area contributed by atoms with E-state index in [0.29, 0.717) is 29.1 Å². The minimum Gasteiger partial charge on any atom is -0.481 e. The van der Waals surface area contributed by atoms with Gasteiger partial charge in [0.1, 0.15) is 12.4 Å². The normalized spacial score (nSPS) is 28.8. The van der Waals surface area contributed by atoms with Crippen molar-refractivity contribution in [3.05, 3.63) is 68.2 Å². The quantitative estimate of drug-likeness (QED) is 0.410. The predicted molar refractivity (Wildman–Crippen MR) is 118 cm³/mol. The monoisotopic (exact) mass is 481 g/mol. The van der Waals surface area contributed by atoms with Crippen molar-refractivity contribution in [2.75, 3.05) is 18.5 Å². The fourth-order valence-electron chi connectivity index (χ4n) is 5.78. The van der Waals surface area contributed by atoms with Gasteiger partial charge in [0.05, 0.1) is 5.92 Å². The van der Waals surface area contributed by atoms with Crippen molar-refractivity contribution in [1.29, 1.82) is 0 Å². The van der Waals surface area contributed by atoms with Gasteiger partial charge < -0.3 is 10.1 Å². The third-order valence-electron chi connectivity index (χ3n) is 6.74. The number of nitrogens with zero attached hydrogens (tertiary/aromatic N) is 2. The maximum atomic E-state index is 13.5. The van der Waals surface area contributed by atoms with Crippen LogP contribution in [0.2, 0.25) is 0 Å². The highest BCUT2D eigenvalue weighted by atomic mass is 79.9. The van der Waals surface area contributed by atoms with Crippen LogP contribution in [-0.2, 0) is 10.3 Å². The van der Waals surface area contributed by atoms with Gasteiger partial charge in [-0.05, 0) is 37.1 Å². The van der Waals surface area contributed by atoms with Crippen LogP contribution >= 0.6 is 15.9 Å². The first-order chi connectivity index (χ1) is 15.0. The van der Waals surface area contributed by atoms with Crippen molar-refractivity contribution in [2.45, 2.75) is 36.4 Å². The molecule has 1 spiro atoms. The lowest BCUT2D eigenvalue weighted by molar-refractivity contribution is -0.534. The summed E-state index contributed by atoms with van der Waals surface area (Å²) in [7, 11) is 0. The van der Waals surface area contributed by atoms with Gasteiger partial charge in [0.2, 0.25) is 0 Å². The summed E-state index contributed by atoms with van der Waals surface area (Å²) in [6.07, 6.45) is 7.03. The smallest absolute Gasteiger partial charge is 0.256 e. The molecule has 0 bridgehead atoms. The Labute approximate surface area is 188 Å². The molecule has 0 radical (unpaired) electrons. The largest absolute Gasteiger partial charge is 0.481 e. The number of terminal acetylenes is 1. The molecule has 2 aromatic rings. The molecule has 4 atom stereocenters. The highest BCUT2D eigenvalue weighted by Gasteiger charge is 2.73. The Morgan fingerprint density at radius 1 is 1.35 bits per heavy atom. The third kappa shape index (κ3) is 2.73. The number of rotatable bonds is 4. The predicted octanol–water partition coefficient (Wildman–Crippen LogP) is 3.52. The van der Waals surface area contributed by atoms with Gasteiger partial charge in [-0.15, -0.1) is 6.42 Å². The molecule has 0 saturated carbocycles. The summed E-state index contributed by atoms with van der Waals surface area (Å²) in [6, 6.07) is 11.4. The molecule has 2 fully saturated rings. The zero-order valence-electron chi connectivity index (χ0n) is 16.6. The SMILES string of the molecule is C#CCOc1ccc(Br)cc1[C@@H]1[C@@H]2CCCN2[C@@]2(C(=O)Nc3ccccc32)[C@@H]1[N+](=O)[O-]. The Hall–Kier alpha value is -2.89. The maximum absolute atomic E-state index is 13.5. The third-order valence-corrected chi connectivity index (χ3v) is 7.23. The molecule has 3 heterocycles. The summed E-state index contributed by atoms with van der Waals surface area (Å²) >= 11 is 3.50. The molecule has 31 heavy (non-hydrogen) atoms. The summed E-state index contributed by atoms with van der Waals surface area (Å²) in [6.45, 7) is 0.690. The molecule has 3 aliphatic rings. The van der Waals surface area contributed by atoms with Gasteiger partial charge in [-0.3, -0.25) is 19.8 Å². The fraction of sp³-hybridized carbons (Fsp3) is 0.348. The maximum Gasteiger partial charge on any atom is 0.256 e. The standard InChI is InChI=1S/C23H20BrN3O4/c1-2-12-31-19-10-9-14(24)13-15(19)20-18-8-5-11-26(18)23(21(20)27(29)30)16-6-3-4-7-17(16)25-22(23)28/h1,3-4,6-7,9-10,13,18,20-21H,5,8,11-12H2,(H,25,28)/t18-,20+,21+,23+/m0/s1. The van der Waals surface area contributed by atoms with Crippen molar-refractivity contribution in [2.24, 2.45) is 0 Å². The van der Waals surface area contributed by atoms with Crippen molar-refractivity contribution >= 4 is 27.5 Å². The first-order valence-corrected chi connectivity index (χ1v) is 11.0. The van der Waals surface area contributed by atoms with Crippen LogP contribution in [0.1, 0.15) is 29.9 Å². The van der Waals surface area contributed by atoms with E-state index in [2.05, 4.69) is 32.1 Å². The topological polar surface area (TPSA) is 84.7 Å². The fourth-order valence-corrected chi connectivity index (χ4v) is 6.16. The Morgan fingerprint density at radius 3 is 2.94 bits per heavy atom. The molecule has 158 valence electrons. The lowest BCUT2D eigenvalue weighted by atomic mass is 9.77. The van der Waals surface area contributed by atoms with E-state index in [1.54, 1.807) is 12.1 Å². The molecule has 2 aromatic carbocycles. The Balaban J connectivity index is 1.75. The van der Waals surface area contributed by atoms with Crippen molar-refractivity contribution in [3.8, 4) is 18.1 Å². The number of fused-ring (bicyclic) bond motifs is 4. The number of amides is 1. The van der Waals surface area contributed by atoms with E-state index in [0.717, 1.165) is 17.3 Å². The number of benzene rings is 2. The Morgan fingerprint density at radius 2 is 2.16 bits per heavy atom. The summed E-state index contributed by atoms with van der Waals surface area (Å²) in [4.78, 5) is 27.9. The highest BCUT2D eigenvalue weighted by molar-refractivity contribution is 9.10. The number of hydrogen-bond acceptors (Lipinski definition) is 5. The van der Waals surface area contributed by atoms with Crippen molar-refractivity contribution in [1.82, 2.24) is 4.90 Å². The van der Waals surface area contributed by atoms with Crippen LogP contribution in [0.25, 0.3) is 0 Å². The minimum atomic E-state index is -1.35. The van der Waals surface area contributed by atoms with Crippen LogP contribution in [0.4, 0.5) is 5.69 Å². The van der Waals surface area contributed by atoms with Gasteiger partial charge in [0, 0.05) is 38.8 Å². The van der Waals surface area contributed by atoms with Crippen LogP contribution < -0.4 is 10.1 Å². The molecule has 1 N–H and O–H groups in total. The lowest BCUT2D eigenvalue weighted by Crippen LogP contribution is -2.55. The van der Waals surface area contributed by atoms with E-state index in [1.807, 2.05) is 30.3 Å². The summed E-state index contributed by atoms with van der Waals surface area (Å²) in [5.41, 5.74) is 0.677. The van der Waals surface area contributed by atoms with Gasteiger partial charge in [-0.25, -0.2) is 0 Å². The van der Waals surface area contributed by atoms with Crippen LogP contribution in [-0.4, -0.2) is 41.0 Å². The first kappa shape index (κ1) is 20.0. The number of halogens is 1. The molecule has 8 heteroatoms. The van der Waals surface area contributed by atoms with Gasteiger partial charge in [0.15, 0.2) is 5.54 Å². The van der Waals surface area contributed by atoms with Crippen LogP contribution in [0.5, 0.6) is 5.75 Å². The molecule has 3 aliphatic heterocycles. The second-order valence-electron chi connectivity index (χ2n) is 8.10. The van der Waals surface area contributed by atoms with Gasteiger partial charge in [-0.1, -0.05) is 40.0 Å². The molecule has 7 nitrogen and oxygen atoms in total. The number of para-hydroxylation sites is 1. The average Bonchev–Trinajstić information content (AvgIpc) is 3.40. The molecule has 0 unspecified atom stereocenters. The van der Waals surface area contributed by atoms with E-state index < -0.39 is 17.5 Å². The highest BCUT2D eigenvalue weighted by Crippen LogP contribution is 2.59. The van der Waals surface area contributed by atoms with E-state index in [-0.39, 0.29) is 23.5 Å². The Bertz CT molecular complexity index is 1130. The number of nitrogens with one attached hydrogen (secondary N) is 1. The van der Waals surface area contributed by atoms with Crippen molar-refractivity contribution in [3.63, 3.8) is 0 Å². The number of carbonyl (C=O) groups is 1. The van der Waals surface area contributed by atoms with Crippen molar-refractivity contribution < 1.29 is 14.5 Å². The van der Waals surface area contributed by atoms with Gasteiger partial charge in [0.25, 0.3) is 11.9 Å². The average molecular weight is 482 g/mol. The van der Waals surface area contributed by atoms with Crippen LogP contribution in [0.3, 0.4) is 0 Å². The van der Waals surface area contributed by atoms with Crippen LogP contribution in [0.15, 0.2) is 46.9 Å². The number of anilines is 1. The number of ether oxygens (including phenoxy) is 1. The van der Waals surface area contributed by atoms with Gasteiger partial charge >= 0.3 is 0 Å². The zero-order chi connectivity index (χ0) is 21.8. The lowest BCUT2D eigenvalue weighted by Gasteiger charge is -2.32. The van der Waals surface area contributed by atoms with E-state index in [4.69, 9.17) is 11.2 Å². The summed E-state index contributed by atoms with van der Waals surface area (Å²) in [5, 5.41) is 15.6. The first-order valence-electron chi connectivity index (χ1n) is 10.2. The second kappa shape index (κ2) is 7.36. The molecule has 0 aromatic heterocycles. The molecule has 2 saturated heterocycles. The molecule has 5 rings (SSSR count). The number of hydrogen-bond donors (Lipinski definition) is 1.